The van der Waals surface area contributed by atoms with Crippen LogP contribution in [0.2, 0.25) is 0 Å². The highest BCUT2D eigenvalue weighted by molar-refractivity contribution is 5.89. The molecule has 2 aromatic rings. The molecule has 0 aliphatic rings. The molecule has 9 heteroatoms. The minimum atomic E-state index is -0.800. The first-order chi connectivity index (χ1) is 15.2. The van der Waals surface area contributed by atoms with Gasteiger partial charge < -0.3 is 10.1 Å². The number of non-ortho nitro benzene ring substituents is 1. The van der Waals surface area contributed by atoms with Crippen molar-refractivity contribution in [2.45, 2.75) is 40.2 Å². The number of ether oxygens (including phenoxy) is 1. The van der Waals surface area contributed by atoms with Crippen molar-refractivity contribution in [3.63, 3.8) is 0 Å². The molecule has 0 saturated heterocycles. The van der Waals surface area contributed by atoms with E-state index < -0.39 is 22.8 Å². The lowest BCUT2D eigenvalue weighted by molar-refractivity contribution is -0.384. The normalized spacial score (nSPS) is 11.9. The van der Waals surface area contributed by atoms with Crippen LogP contribution >= 0.6 is 0 Å². The first-order valence-electron chi connectivity index (χ1n) is 10.2. The number of nitrogens with zero attached hydrogens (tertiary/aromatic N) is 2. The lowest BCUT2D eigenvalue weighted by Crippen LogP contribution is -2.47. The van der Waals surface area contributed by atoms with E-state index >= 15 is 0 Å². The summed E-state index contributed by atoms with van der Waals surface area (Å²) in [5.41, 5.74) is 4.62. The second-order valence-corrected chi connectivity index (χ2v) is 7.85. The highest BCUT2D eigenvalue weighted by atomic mass is 16.6. The fourth-order valence-corrected chi connectivity index (χ4v) is 3.07. The van der Waals surface area contributed by atoms with Crippen LogP contribution in [0.4, 0.5) is 5.69 Å². The van der Waals surface area contributed by atoms with Gasteiger partial charge in [-0.25, -0.2) is 5.43 Å². The molecule has 2 rings (SSSR count). The number of carbonyl (C=O) groups is 2. The molecule has 0 heterocycles. The molecule has 0 aromatic heterocycles. The summed E-state index contributed by atoms with van der Waals surface area (Å²) >= 11 is 0. The van der Waals surface area contributed by atoms with Gasteiger partial charge in [-0.05, 0) is 37.3 Å². The zero-order valence-electron chi connectivity index (χ0n) is 18.6. The van der Waals surface area contributed by atoms with Crippen molar-refractivity contribution < 1.29 is 19.2 Å². The Labute approximate surface area is 187 Å². The molecule has 0 aliphatic carbocycles. The van der Waals surface area contributed by atoms with Gasteiger partial charge in [0.25, 0.3) is 17.5 Å². The molecule has 0 saturated carbocycles. The number of hydrogen-bond donors (Lipinski definition) is 2. The van der Waals surface area contributed by atoms with Gasteiger partial charge in [-0.2, -0.15) is 5.10 Å². The van der Waals surface area contributed by atoms with Crippen LogP contribution in [0.25, 0.3) is 0 Å². The Morgan fingerprint density at radius 1 is 1.16 bits per heavy atom. The smallest absolute Gasteiger partial charge is 0.270 e. The van der Waals surface area contributed by atoms with Crippen molar-refractivity contribution in [2.24, 2.45) is 11.0 Å². The summed E-state index contributed by atoms with van der Waals surface area (Å²) in [5, 5.41) is 17.4. The average molecular weight is 441 g/mol. The minimum absolute atomic E-state index is 0.0749. The number of rotatable bonds is 10. The van der Waals surface area contributed by atoms with E-state index in [1.54, 1.807) is 6.07 Å². The van der Waals surface area contributed by atoms with E-state index in [2.05, 4.69) is 15.8 Å². The predicted octanol–water partition coefficient (Wildman–Crippen LogP) is 3.27. The van der Waals surface area contributed by atoms with Crippen LogP contribution < -0.4 is 15.5 Å². The Morgan fingerprint density at radius 2 is 1.81 bits per heavy atom. The Balaban J connectivity index is 1.97. The molecule has 9 nitrogen and oxygen atoms in total. The van der Waals surface area contributed by atoms with Crippen molar-refractivity contribution >= 4 is 23.7 Å². The molecule has 2 aromatic carbocycles. The molecule has 0 radical (unpaired) electrons. The van der Waals surface area contributed by atoms with Gasteiger partial charge in [-0.1, -0.05) is 44.2 Å². The fraction of sp³-hybridized carbons (Fsp3) is 0.348. The number of para-hydroxylation sites is 1. The summed E-state index contributed by atoms with van der Waals surface area (Å²) in [6.45, 7) is 7.45. The van der Waals surface area contributed by atoms with Crippen molar-refractivity contribution in [3.8, 4) is 5.75 Å². The van der Waals surface area contributed by atoms with Crippen molar-refractivity contribution in [1.29, 1.82) is 0 Å². The molecular weight excluding hydrogens is 412 g/mol. The number of aryl methyl sites for hydroxylation is 2. The summed E-state index contributed by atoms with van der Waals surface area (Å²) in [6, 6.07) is 10.8. The summed E-state index contributed by atoms with van der Waals surface area (Å²) < 4.78 is 5.66. The van der Waals surface area contributed by atoms with E-state index in [4.69, 9.17) is 4.74 Å². The molecule has 2 amide bonds. The summed E-state index contributed by atoms with van der Waals surface area (Å²) in [5.74, 6) is -0.114. The number of nitrogens with one attached hydrogen (secondary N) is 2. The van der Waals surface area contributed by atoms with Gasteiger partial charge in [0.1, 0.15) is 11.8 Å². The molecule has 1 atom stereocenters. The van der Waals surface area contributed by atoms with Gasteiger partial charge in [0.15, 0.2) is 6.61 Å². The third-order valence-electron chi connectivity index (χ3n) is 4.58. The van der Waals surface area contributed by atoms with E-state index in [1.807, 2.05) is 45.9 Å². The van der Waals surface area contributed by atoms with Crippen LogP contribution in [0.15, 0.2) is 47.6 Å². The molecular formula is C23H28N4O5. The summed E-state index contributed by atoms with van der Waals surface area (Å²) in [7, 11) is 0. The molecule has 2 N–H and O–H groups in total. The van der Waals surface area contributed by atoms with E-state index in [0.717, 1.165) is 11.1 Å². The van der Waals surface area contributed by atoms with Gasteiger partial charge in [0.05, 0.1) is 11.1 Å². The SMILES string of the molecule is Cc1cccc(C)c1OCC(=O)N[C@H](CC(C)C)C(=O)N/N=C\c1cccc([N+](=O)[O-])c1. The number of hydrogen-bond acceptors (Lipinski definition) is 6. The van der Waals surface area contributed by atoms with Crippen LogP contribution in [0.3, 0.4) is 0 Å². The molecule has 32 heavy (non-hydrogen) atoms. The highest BCUT2D eigenvalue weighted by Gasteiger charge is 2.22. The first-order valence-corrected chi connectivity index (χ1v) is 10.2. The van der Waals surface area contributed by atoms with Crippen molar-refractivity contribution in [2.75, 3.05) is 6.61 Å². The second kappa shape index (κ2) is 11.6. The number of nitro groups is 1. The molecule has 0 aliphatic heterocycles. The Morgan fingerprint density at radius 3 is 2.44 bits per heavy atom. The lowest BCUT2D eigenvalue weighted by Gasteiger charge is -2.19. The summed E-state index contributed by atoms with van der Waals surface area (Å²) in [4.78, 5) is 35.3. The zero-order chi connectivity index (χ0) is 23.7. The maximum Gasteiger partial charge on any atom is 0.270 e. The Kier molecular flexibility index (Phi) is 8.88. The van der Waals surface area contributed by atoms with Gasteiger partial charge in [0.2, 0.25) is 0 Å². The van der Waals surface area contributed by atoms with Crippen LogP contribution in [-0.4, -0.2) is 35.6 Å². The van der Waals surface area contributed by atoms with E-state index in [1.165, 1.54) is 24.4 Å². The zero-order valence-corrected chi connectivity index (χ0v) is 18.6. The number of carbonyl (C=O) groups excluding carboxylic acids is 2. The van der Waals surface area contributed by atoms with Gasteiger partial charge in [-0.3, -0.25) is 19.7 Å². The number of nitro benzene ring substituents is 1. The van der Waals surface area contributed by atoms with Crippen molar-refractivity contribution in [1.82, 2.24) is 10.7 Å². The highest BCUT2D eigenvalue weighted by Crippen LogP contribution is 2.22. The topological polar surface area (TPSA) is 123 Å². The standard InChI is InChI=1S/C23H28N4O5/c1-15(2)11-20(25-21(28)14-32-22-16(3)7-5-8-17(22)4)23(29)26-24-13-18-9-6-10-19(12-18)27(30)31/h5-10,12-13,15,20H,11,14H2,1-4H3,(H,25,28)(H,26,29)/b24-13-/t20-/m1/s1. The van der Waals surface area contributed by atoms with Crippen LogP contribution in [-0.2, 0) is 9.59 Å². The van der Waals surface area contributed by atoms with E-state index in [0.29, 0.717) is 17.7 Å². The van der Waals surface area contributed by atoms with E-state index in [9.17, 15) is 19.7 Å². The summed E-state index contributed by atoms with van der Waals surface area (Å²) in [6.07, 6.45) is 1.72. The molecule has 170 valence electrons. The lowest BCUT2D eigenvalue weighted by atomic mass is 10.0. The maximum atomic E-state index is 12.6. The fourth-order valence-electron chi connectivity index (χ4n) is 3.07. The molecule has 0 unspecified atom stereocenters. The van der Waals surface area contributed by atoms with Gasteiger partial charge >= 0.3 is 0 Å². The molecule has 0 fully saturated rings. The monoisotopic (exact) mass is 440 g/mol. The van der Waals surface area contributed by atoms with E-state index in [-0.39, 0.29) is 18.2 Å². The first kappa shape index (κ1) is 24.5. The van der Waals surface area contributed by atoms with Gasteiger partial charge in [-0.15, -0.1) is 0 Å². The second-order valence-electron chi connectivity index (χ2n) is 7.85. The minimum Gasteiger partial charge on any atom is -0.483 e. The number of hydrazone groups is 1. The van der Waals surface area contributed by atoms with Gasteiger partial charge in [0, 0.05) is 17.7 Å². The molecule has 0 spiro atoms. The Hall–Kier alpha value is -3.75. The van der Waals surface area contributed by atoms with Crippen LogP contribution in [0, 0.1) is 29.9 Å². The number of amides is 2. The van der Waals surface area contributed by atoms with Crippen molar-refractivity contribution in [3.05, 3.63) is 69.3 Å². The third-order valence-corrected chi connectivity index (χ3v) is 4.58. The quantitative estimate of drug-likeness (QED) is 0.333. The number of benzene rings is 2. The van der Waals surface area contributed by atoms with Crippen LogP contribution in [0.5, 0.6) is 5.75 Å². The molecule has 0 bridgehead atoms. The largest absolute Gasteiger partial charge is 0.483 e. The van der Waals surface area contributed by atoms with Crippen LogP contribution in [0.1, 0.15) is 37.0 Å². The predicted molar refractivity (Wildman–Crippen MR) is 122 cm³/mol. The Bertz CT molecular complexity index is 983. The average Bonchev–Trinajstić information content (AvgIpc) is 2.72. The maximum absolute atomic E-state index is 12.6. The third kappa shape index (κ3) is 7.50.